The number of hydrogen-bond donors (Lipinski definition) is 1. The van der Waals surface area contributed by atoms with Gasteiger partial charge in [0, 0.05) is 6.42 Å². The largest absolute Gasteiger partial charge is 0.494 e. The molecule has 2 rings (SSSR count). The zero-order valence-electron chi connectivity index (χ0n) is 10.7. The van der Waals surface area contributed by atoms with E-state index in [2.05, 4.69) is 24.3 Å². The molecule has 0 fully saturated rings. The fraction of sp³-hybridized carbons (Fsp3) is 0.188. The lowest BCUT2D eigenvalue weighted by Crippen LogP contribution is -2.09. The fourth-order valence-corrected chi connectivity index (χ4v) is 1.95. The fourth-order valence-electron chi connectivity index (χ4n) is 1.81. The van der Waals surface area contributed by atoms with E-state index in [1.165, 1.54) is 11.1 Å². The molecule has 0 aliphatic carbocycles. The van der Waals surface area contributed by atoms with Gasteiger partial charge in [-0.25, -0.2) is 0 Å². The van der Waals surface area contributed by atoms with Crippen LogP contribution in [-0.4, -0.2) is 11.6 Å². The van der Waals surface area contributed by atoms with Crippen LogP contribution in [0.25, 0.3) is 11.1 Å². The third-order valence-corrected chi connectivity index (χ3v) is 3.00. The van der Waals surface area contributed by atoms with Crippen molar-refractivity contribution in [3.63, 3.8) is 0 Å². The molecule has 2 aromatic rings. The van der Waals surface area contributed by atoms with Crippen molar-refractivity contribution in [1.29, 1.82) is 0 Å². The van der Waals surface area contributed by atoms with Crippen LogP contribution in [0.2, 0.25) is 0 Å². The van der Waals surface area contributed by atoms with Crippen molar-refractivity contribution < 1.29 is 4.74 Å². The maximum atomic E-state index is 5.63. The van der Waals surface area contributed by atoms with E-state index in [0.717, 1.165) is 18.6 Å². The van der Waals surface area contributed by atoms with Crippen molar-refractivity contribution in [2.24, 2.45) is 5.73 Å². The number of hydrogen-bond acceptors (Lipinski definition) is 2. The van der Waals surface area contributed by atoms with Gasteiger partial charge in [0.1, 0.15) is 5.75 Å². The SMILES string of the molecule is NC(=S)CCCOc1ccc(-c2ccccc2)cc1. The average Bonchev–Trinajstić information content (AvgIpc) is 2.45. The highest BCUT2D eigenvalue weighted by Crippen LogP contribution is 2.22. The van der Waals surface area contributed by atoms with Crippen LogP contribution in [-0.2, 0) is 0 Å². The van der Waals surface area contributed by atoms with Crippen molar-refractivity contribution in [3.8, 4) is 16.9 Å². The highest BCUT2D eigenvalue weighted by atomic mass is 32.1. The minimum Gasteiger partial charge on any atom is -0.494 e. The quantitative estimate of drug-likeness (QED) is 0.641. The molecule has 0 amide bonds. The predicted molar refractivity (Wildman–Crippen MR) is 83.4 cm³/mol. The summed E-state index contributed by atoms with van der Waals surface area (Å²) in [5.41, 5.74) is 7.83. The minimum atomic E-state index is 0.544. The van der Waals surface area contributed by atoms with Crippen molar-refractivity contribution in [2.75, 3.05) is 6.61 Å². The van der Waals surface area contributed by atoms with Crippen LogP contribution < -0.4 is 10.5 Å². The van der Waals surface area contributed by atoms with Gasteiger partial charge in [-0.15, -0.1) is 0 Å². The number of ether oxygens (including phenoxy) is 1. The summed E-state index contributed by atoms with van der Waals surface area (Å²) >= 11 is 4.82. The molecule has 0 saturated heterocycles. The molecule has 0 radical (unpaired) electrons. The standard InChI is InChI=1S/C16H17NOS/c17-16(19)7-4-12-18-15-10-8-14(9-11-15)13-5-2-1-3-6-13/h1-3,5-6,8-11H,4,7,12H2,(H2,17,19). The minimum absolute atomic E-state index is 0.544. The van der Waals surface area contributed by atoms with E-state index >= 15 is 0 Å². The van der Waals surface area contributed by atoms with Gasteiger partial charge in [-0.05, 0) is 29.7 Å². The summed E-state index contributed by atoms with van der Waals surface area (Å²) in [5.74, 6) is 0.877. The normalized spacial score (nSPS) is 10.1. The van der Waals surface area contributed by atoms with Crippen molar-refractivity contribution in [2.45, 2.75) is 12.8 Å². The zero-order valence-corrected chi connectivity index (χ0v) is 11.5. The van der Waals surface area contributed by atoms with Gasteiger partial charge in [-0.1, -0.05) is 54.7 Å². The van der Waals surface area contributed by atoms with Crippen LogP contribution in [0.4, 0.5) is 0 Å². The molecule has 98 valence electrons. The Kier molecular flexibility index (Phi) is 4.93. The summed E-state index contributed by atoms with van der Waals surface area (Å²) in [6.45, 7) is 0.641. The molecule has 0 spiro atoms. The van der Waals surface area contributed by atoms with E-state index in [9.17, 15) is 0 Å². The molecule has 0 aliphatic heterocycles. The average molecular weight is 271 g/mol. The molecular weight excluding hydrogens is 254 g/mol. The van der Waals surface area contributed by atoms with Gasteiger partial charge in [0.05, 0.1) is 11.6 Å². The first kappa shape index (κ1) is 13.6. The van der Waals surface area contributed by atoms with Crippen molar-refractivity contribution in [1.82, 2.24) is 0 Å². The van der Waals surface area contributed by atoms with Crippen LogP contribution >= 0.6 is 12.2 Å². The van der Waals surface area contributed by atoms with Crippen LogP contribution in [0, 0.1) is 0 Å². The molecule has 0 atom stereocenters. The van der Waals surface area contributed by atoms with Gasteiger partial charge in [0.25, 0.3) is 0 Å². The first-order chi connectivity index (χ1) is 9.25. The molecule has 3 heteroatoms. The van der Waals surface area contributed by atoms with Gasteiger partial charge in [0.15, 0.2) is 0 Å². The molecule has 2 aromatic carbocycles. The Labute approximate surface area is 119 Å². The molecule has 19 heavy (non-hydrogen) atoms. The molecule has 0 aliphatic rings. The van der Waals surface area contributed by atoms with Crippen molar-refractivity contribution >= 4 is 17.2 Å². The monoisotopic (exact) mass is 271 g/mol. The lowest BCUT2D eigenvalue weighted by Gasteiger charge is -2.07. The number of benzene rings is 2. The maximum Gasteiger partial charge on any atom is 0.119 e. The van der Waals surface area contributed by atoms with Gasteiger partial charge >= 0.3 is 0 Å². The van der Waals surface area contributed by atoms with E-state index in [1.807, 2.05) is 30.3 Å². The zero-order chi connectivity index (χ0) is 13.5. The molecule has 2 nitrogen and oxygen atoms in total. The van der Waals surface area contributed by atoms with Crippen LogP contribution in [0.3, 0.4) is 0 Å². The van der Waals surface area contributed by atoms with E-state index in [0.29, 0.717) is 11.6 Å². The van der Waals surface area contributed by atoms with Crippen LogP contribution in [0.5, 0.6) is 5.75 Å². The topological polar surface area (TPSA) is 35.2 Å². The summed E-state index contributed by atoms with van der Waals surface area (Å²) in [6.07, 6.45) is 1.59. The molecule has 2 N–H and O–H groups in total. The summed E-state index contributed by atoms with van der Waals surface area (Å²) in [7, 11) is 0. The number of thiocarbonyl (C=S) groups is 1. The Bertz CT molecular complexity index is 522. The van der Waals surface area contributed by atoms with Crippen LogP contribution in [0.1, 0.15) is 12.8 Å². The van der Waals surface area contributed by atoms with E-state index < -0.39 is 0 Å². The Hall–Kier alpha value is -1.87. The molecule has 0 bridgehead atoms. The smallest absolute Gasteiger partial charge is 0.119 e. The molecule has 0 heterocycles. The lowest BCUT2D eigenvalue weighted by atomic mass is 10.1. The molecular formula is C16H17NOS. The second-order valence-corrected chi connectivity index (χ2v) is 4.83. The highest BCUT2D eigenvalue weighted by molar-refractivity contribution is 7.80. The first-order valence-electron chi connectivity index (χ1n) is 6.32. The Morgan fingerprint density at radius 1 is 0.947 bits per heavy atom. The van der Waals surface area contributed by atoms with Crippen molar-refractivity contribution in [3.05, 3.63) is 54.6 Å². The van der Waals surface area contributed by atoms with Crippen LogP contribution in [0.15, 0.2) is 54.6 Å². The molecule has 0 unspecified atom stereocenters. The summed E-state index contributed by atoms with van der Waals surface area (Å²) in [5, 5.41) is 0. The Balaban J connectivity index is 1.90. The third kappa shape index (κ3) is 4.38. The Morgan fingerprint density at radius 3 is 2.21 bits per heavy atom. The van der Waals surface area contributed by atoms with Gasteiger partial charge in [-0.3, -0.25) is 0 Å². The first-order valence-corrected chi connectivity index (χ1v) is 6.73. The molecule has 0 saturated carbocycles. The predicted octanol–water partition coefficient (Wildman–Crippen LogP) is 3.80. The van der Waals surface area contributed by atoms with Gasteiger partial charge in [-0.2, -0.15) is 0 Å². The number of nitrogens with two attached hydrogens (primary N) is 1. The Morgan fingerprint density at radius 2 is 1.58 bits per heavy atom. The van der Waals surface area contributed by atoms with Gasteiger partial charge in [0.2, 0.25) is 0 Å². The van der Waals surface area contributed by atoms with Gasteiger partial charge < -0.3 is 10.5 Å². The third-order valence-electron chi connectivity index (χ3n) is 2.80. The second kappa shape index (κ2) is 6.90. The lowest BCUT2D eigenvalue weighted by molar-refractivity contribution is 0.314. The summed E-state index contributed by atoms with van der Waals surface area (Å²) in [6, 6.07) is 18.4. The highest BCUT2D eigenvalue weighted by Gasteiger charge is 1.98. The number of rotatable bonds is 6. The molecule has 0 aromatic heterocycles. The summed E-state index contributed by atoms with van der Waals surface area (Å²) in [4.78, 5) is 0.544. The second-order valence-electron chi connectivity index (χ2n) is 4.31. The van der Waals surface area contributed by atoms with E-state index in [4.69, 9.17) is 22.7 Å². The van der Waals surface area contributed by atoms with E-state index in [-0.39, 0.29) is 0 Å². The summed E-state index contributed by atoms with van der Waals surface area (Å²) < 4.78 is 5.63. The maximum absolute atomic E-state index is 5.63. The van der Waals surface area contributed by atoms with E-state index in [1.54, 1.807) is 0 Å².